The van der Waals surface area contributed by atoms with Gasteiger partial charge in [-0.25, -0.2) is 14.8 Å². The van der Waals surface area contributed by atoms with E-state index in [2.05, 4.69) is 15.3 Å². The minimum atomic E-state index is -0.962. The number of hydrogen-bond acceptors (Lipinski definition) is 4. The first-order valence-corrected chi connectivity index (χ1v) is 5.54. The fraction of sp³-hybridized carbons (Fsp3) is 0.0833. The molecule has 0 amide bonds. The summed E-state index contributed by atoms with van der Waals surface area (Å²) < 4.78 is 0. The molecule has 0 fully saturated rings. The quantitative estimate of drug-likeness (QED) is 0.833. The van der Waals surface area contributed by atoms with Gasteiger partial charge in [0.25, 0.3) is 0 Å². The first kappa shape index (κ1) is 12.3. The molecule has 0 radical (unpaired) electrons. The Morgan fingerprint density at radius 3 is 2.50 bits per heavy atom. The number of nitrogens with one attached hydrogen (secondary N) is 1. The second-order valence-corrected chi connectivity index (χ2v) is 4.05. The van der Waals surface area contributed by atoms with Crippen LogP contribution in [0.3, 0.4) is 0 Å². The molecular weight excluding hydrogens is 254 g/mol. The Morgan fingerprint density at radius 2 is 1.94 bits per heavy atom. The van der Waals surface area contributed by atoms with E-state index in [0.717, 1.165) is 5.69 Å². The third kappa shape index (κ3) is 2.95. The molecule has 0 atom stereocenters. The highest BCUT2D eigenvalue weighted by molar-refractivity contribution is 6.29. The molecule has 0 aliphatic heterocycles. The molecule has 1 aromatic heterocycles. The predicted octanol–water partition coefficient (Wildman–Crippen LogP) is 2.88. The molecular formula is C12H10ClN3O2. The molecule has 5 nitrogen and oxygen atoms in total. The number of carboxylic acids is 1. The number of anilines is 2. The summed E-state index contributed by atoms with van der Waals surface area (Å²) in [4.78, 5) is 18.9. The molecule has 92 valence electrons. The lowest BCUT2D eigenvalue weighted by molar-refractivity contribution is 0.0697. The summed E-state index contributed by atoms with van der Waals surface area (Å²) in [5, 5.41) is 12.1. The highest BCUT2D eigenvalue weighted by atomic mass is 35.5. The summed E-state index contributed by atoms with van der Waals surface area (Å²) in [5.74, 6) is -0.584. The lowest BCUT2D eigenvalue weighted by Crippen LogP contribution is -2.00. The van der Waals surface area contributed by atoms with E-state index in [1.54, 1.807) is 18.2 Å². The van der Waals surface area contributed by atoms with Crippen LogP contribution < -0.4 is 5.32 Å². The van der Waals surface area contributed by atoms with E-state index in [9.17, 15) is 4.79 Å². The molecule has 0 saturated heterocycles. The second-order valence-electron chi connectivity index (χ2n) is 3.66. The highest BCUT2D eigenvalue weighted by Crippen LogP contribution is 2.16. The normalized spacial score (nSPS) is 10.1. The summed E-state index contributed by atoms with van der Waals surface area (Å²) in [7, 11) is 0. The van der Waals surface area contributed by atoms with Crippen molar-refractivity contribution in [2.24, 2.45) is 0 Å². The number of carboxylic acid groups (broad SMARTS) is 1. The molecule has 0 saturated carbocycles. The fourth-order valence-corrected chi connectivity index (χ4v) is 1.65. The lowest BCUT2D eigenvalue weighted by Gasteiger charge is -2.06. The van der Waals surface area contributed by atoms with Gasteiger partial charge in [0.15, 0.2) is 0 Å². The van der Waals surface area contributed by atoms with Crippen molar-refractivity contribution < 1.29 is 9.90 Å². The van der Waals surface area contributed by atoms with Gasteiger partial charge in [-0.3, -0.25) is 0 Å². The van der Waals surface area contributed by atoms with E-state index in [1.807, 2.05) is 6.92 Å². The molecule has 0 unspecified atom stereocenters. The first-order chi connectivity index (χ1) is 8.54. The molecule has 18 heavy (non-hydrogen) atoms. The molecule has 0 spiro atoms. The summed E-state index contributed by atoms with van der Waals surface area (Å²) in [5.41, 5.74) is 1.67. The van der Waals surface area contributed by atoms with Crippen LogP contribution in [-0.4, -0.2) is 21.0 Å². The van der Waals surface area contributed by atoms with Crippen molar-refractivity contribution >= 4 is 29.2 Å². The maximum absolute atomic E-state index is 10.7. The number of carbonyl (C=O) groups is 1. The molecule has 2 aromatic rings. The predicted molar refractivity (Wildman–Crippen MR) is 68.5 cm³/mol. The molecule has 1 aromatic carbocycles. The molecule has 1 heterocycles. The van der Waals surface area contributed by atoms with E-state index in [1.165, 1.54) is 12.1 Å². The van der Waals surface area contributed by atoms with Gasteiger partial charge in [0, 0.05) is 11.4 Å². The van der Waals surface area contributed by atoms with Gasteiger partial charge in [-0.15, -0.1) is 0 Å². The number of rotatable bonds is 3. The Labute approximate surface area is 108 Å². The van der Waals surface area contributed by atoms with Gasteiger partial charge in [-0.1, -0.05) is 11.6 Å². The summed E-state index contributed by atoms with van der Waals surface area (Å²) in [6.07, 6.45) is 0. The summed E-state index contributed by atoms with van der Waals surface area (Å²) >= 11 is 5.81. The van der Waals surface area contributed by atoms with Gasteiger partial charge in [0.2, 0.25) is 5.95 Å². The van der Waals surface area contributed by atoms with Gasteiger partial charge >= 0.3 is 5.97 Å². The van der Waals surface area contributed by atoms with Crippen LogP contribution in [0.1, 0.15) is 16.1 Å². The SMILES string of the molecule is Cc1cc(Cl)nc(Nc2ccc(C(=O)O)cc2)n1. The third-order valence-electron chi connectivity index (χ3n) is 2.21. The van der Waals surface area contributed by atoms with Crippen LogP contribution in [0.4, 0.5) is 11.6 Å². The Kier molecular flexibility index (Phi) is 3.43. The van der Waals surface area contributed by atoms with Crippen LogP contribution in [0.15, 0.2) is 30.3 Å². The number of benzene rings is 1. The van der Waals surface area contributed by atoms with Crippen molar-refractivity contribution in [3.05, 3.63) is 46.7 Å². The standard InChI is InChI=1S/C12H10ClN3O2/c1-7-6-10(13)16-12(14-7)15-9-4-2-8(3-5-9)11(17)18/h2-6H,1H3,(H,17,18)(H,14,15,16). The summed E-state index contributed by atoms with van der Waals surface area (Å²) in [6, 6.07) is 7.94. The van der Waals surface area contributed by atoms with Crippen LogP contribution >= 0.6 is 11.6 Å². The number of aromatic carboxylic acids is 1. The topological polar surface area (TPSA) is 75.1 Å². The minimum absolute atomic E-state index is 0.226. The van der Waals surface area contributed by atoms with Crippen molar-refractivity contribution in [1.82, 2.24) is 9.97 Å². The molecule has 6 heteroatoms. The Bertz CT molecular complexity index is 564. The Hall–Kier alpha value is -2.14. The molecule has 0 bridgehead atoms. The van der Waals surface area contributed by atoms with E-state index in [4.69, 9.17) is 16.7 Å². The number of hydrogen-bond donors (Lipinski definition) is 2. The van der Waals surface area contributed by atoms with Crippen LogP contribution in [0.25, 0.3) is 0 Å². The summed E-state index contributed by atoms with van der Waals surface area (Å²) in [6.45, 7) is 1.81. The Balaban J connectivity index is 2.20. The maximum atomic E-state index is 10.7. The van der Waals surface area contributed by atoms with Crippen LogP contribution in [0.5, 0.6) is 0 Å². The number of aromatic nitrogens is 2. The van der Waals surface area contributed by atoms with E-state index < -0.39 is 5.97 Å². The van der Waals surface area contributed by atoms with Gasteiger partial charge in [0.1, 0.15) is 5.15 Å². The van der Waals surface area contributed by atoms with Gasteiger partial charge in [-0.05, 0) is 37.3 Å². The number of halogens is 1. The molecule has 0 aliphatic carbocycles. The van der Waals surface area contributed by atoms with Crippen LogP contribution in [-0.2, 0) is 0 Å². The number of aryl methyl sites for hydroxylation is 1. The van der Waals surface area contributed by atoms with Gasteiger partial charge in [0.05, 0.1) is 5.56 Å². The van der Waals surface area contributed by atoms with Crippen LogP contribution in [0, 0.1) is 6.92 Å². The largest absolute Gasteiger partial charge is 0.478 e. The zero-order valence-corrected chi connectivity index (χ0v) is 10.3. The zero-order valence-electron chi connectivity index (χ0n) is 9.51. The van der Waals surface area contributed by atoms with E-state index in [0.29, 0.717) is 16.8 Å². The monoisotopic (exact) mass is 263 g/mol. The van der Waals surface area contributed by atoms with Gasteiger partial charge < -0.3 is 10.4 Å². The van der Waals surface area contributed by atoms with E-state index in [-0.39, 0.29) is 5.56 Å². The van der Waals surface area contributed by atoms with Crippen molar-refractivity contribution in [3.8, 4) is 0 Å². The van der Waals surface area contributed by atoms with Crippen molar-refractivity contribution in [2.45, 2.75) is 6.92 Å². The average molecular weight is 264 g/mol. The van der Waals surface area contributed by atoms with Crippen molar-refractivity contribution in [3.63, 3.8) is 0 Å². The van der Waals surface area contributed by atoms with Crippen molar-refractivity contribution in [2.75, 3.05) is 5.32 Å². The molecule has 0 aliphatic rings. The smallest absolute Gasteiger partial charge is 0.335 e. The second kappa shape index (κ2) is 5.01. The molecule has 2 rings (SSSR count). The Morgan fingerprint density at radius 1 is 1.28 bits per heavy atom. The fourth-order valence-electron chi connectivity index (χ4n) is 1.41. The van der Waals surface area contributed by atoms with E-state index >= 15 is 0 Å². The first-order valence-electron chi connectivity index (χ1n) is 5.16. The van der Waals surface area contributed by atoms with Crippen molar-refractivity contribution in [1.29, 1.82) is 0 Å². The lowest BCUT2D eigenvalue weighted by atomic mass is 10.2. The molecule has 2 N–H and O–H groups in total. The number of nitrogens with zero attached hydrogens (tertiary/aromatic N) is 2. The third-order valence-corrected chi connectivity index (χ3v) is 2.40. The highest BCUT2D eigenvalue weighted by Gasteiger charge is 2.04. The minimum Gasteiger partial charge on any atom is -0.478 e. The average Bonchev–Trinajstić information content (AvgIpc) is 2.28. The van der Waals surface area contributed by atoms with Crippen LogP contribution in [0.2, 0.25) is 5.15 Å². The zero-order chi connectivity index (χ0) is 13.1. The maximum Gasteiger partial charge on any atom is 0.335 e. The van der Waals surface area contributed by atoms with Gasteiger partial charge in [-0.2, -0.15) is 0 Å².